The van der Waals surface area contributed by atoms with Gasteiger partial charge in [-0.15, -0.1) is 0 Å². The highest BCUT2D eigenvalue weighted by Gasteiger charge is 2.25. The number of epoxide rings is 2. The summed E-state index contributed by atoms with van der Waals surface area (Å²) >= 11 is 12.6. The van der Waals surface area contributed by atoms with Crippen LogP contribution in [0.3, 0.4) is 0 Å². The van der Waals surface area contributed by atoms with E-state index in [1.807, 2.05) is 36.4 Å². The molecular weight excluding hydrogens is 387 g/mol. The second-order valence-electron chi connectivity index (χ2n) is 6.83. The maximum atomic E-state index is 6.31. The minimum atomic E-state index is 0.295. The molecule has 2 heterocycles. The number of benzene rings is 2. The highest BCUT2D eigenvalue weighted by atomic mass is 35.5. The quantitative estimate of drug-likeness (QED) is 0.421. The zero-order valence-electron chi connectivity index (χ0n) is 15.0. The van der Waals surface area contributed by atoms with Gasteiger partial charge in [0.05, 0.1) is 48.7 Å². The summed E-state index contributed by atoms with van der Waals surface area (Å²) in [7, 11) is 0. The predicted molar refractivity (Wildman–Crippen MR) is 105 cm³/mol. The fourth-order valence-electron chi connectivity index (χ4n) is 3.02. The first-order chi connectivity index (χ1) is 13.2. The summed E-state index contributed by atoms with van der Waals surface area (Å²) in [5.41, 5.74) is 2.17. The van der Waals surface area contributed by atoms with Gasteiger partial charge in [-0.1, -0.05) is 47.5 Å². The lowest BCUT2D eigenvalue weighted by molar-refractivity contribution is 0.244. The van der Waals surface area contributed by atoms with Crippen molar-refractivity contribution >= 4 is 23.2 Å². The molecule has 2 aromatic rings. The van der Waals surface area contributed by atoms with Crippen LogP contribution in [-0.2, 0) is 22.3 Å². The molecular formula is C21H22Cl2O4. The van der Waals surface area contributed by atoms with E-state index in [0.29, 0.717) is 35.5 Å². The van der Waals surface area contributed by atoms with Gasteiger partial charge in [-0.05, 0) is 23.3 Å². The molecule has 2 unspecified atom stereocenters. The van der Waals surface area contributed by atoms with Crippen molar-refractivity contribution < 1.29 is 18.9 Å². The van der Waals surface area contributed by atoms with E-state index in [1.165, 1.54) is 0 Å². The molecule has 2 aliphatic rings. The Kier molecular flexibility index (Phi) is 6.08. The molecule has 0 radical (unpaired) electrons. The van der Waals surface area contributed by atoms with Crippen molar-refractivity contribution in [1.29, 1.82) is 0 Å². The van der Waals surface area contributed by atoms with Crippen LogP contribution in [0.1, 0.15) is 17.5 Å². The molecule has 0 spiro atoms. The standard InChI is InChI=1S/C21H22Cl2O4/c22-18-6-1-4-14(10-16-12-26-16)20(18)24-8-3-9-25-21-15(11-17-13-27-17)5-2-7-19(21)23/h1-2,4-7,16-17H,3,8-13H2. The molecule has 4 nitrogen and oxygen atoms in total. The van der Waals surface area contributed by atoms with Crippen LogP contribution < -0.4 is 9.47 Å². The van der Waals surface area contributed by atoms with Gasteiger partial charge in [-0.25, -0.2) is 0 Å². The lowest BCUT2D eigenvalue weighted by Gasteiger charge is -2.15. The molecule has 4 rings (SSSR count). The minimum absolute atomic E-state index is 0.295. The lowest BCUT2D eigenvalue weighted by atomic mass is 10.1. The largest absolute Gasteiger partial charge is 0.492 e. The zero-order chi connectivity index (χ0) is 18.6. The van der Waals surface area contributed by atoms with Crippen LogP contribution in [0.25, 0.3) is 0 Å². The minimum Gasteiger partial charge on any atom is -0.492 e. The second-order valence-corrected chi connectivity index (χ2v) is 7.64. The number of hydrogen-bond acceptors (Lipinski definition) is 4. The van der Waals surface area contributed by atoms with E-state index in [4.69, 9.17) is 42.1 Å². The van der Waals surface area contributed by atoms with Crippen LogP contribution in [-0.4, -0.2) is 38.6 Å². The van der Waals surface area contributed by atoms with Gasteiger partial charge in [0, 0.05) is 19.3 Å². The van der Waals surface area contributed by atoms with Crippen molar-refractivity contribution in [2.75, 3.05) is 26.4 Å². The van der Waals surface area contributed by atoms with Crippen LogP contribution in [0.4, 0.5) is 0 Å². The molecule has 0 saturated carbocycles. The van der Waals surface area contributed by atoms with Crippen molar-refractivity contribution in [2.24, 2.45) is 0 Å². The maximum Gasteiger partial charge on any atom is 0.141 e. The van der Waals surface area contributed by atoms with Crippen molar-refractivity contribution in [1.82, 2.24) is 0 Å². The zero-order valence-corrected chi connectivity index (χ0v) is 16.5. The van der Waals surface area contributed by atoms with Crippen LogP contribution in [0, 0.1) is 0 Å². The first-order valence-electron chi connectivity index (χ1n) is 9.24. The summed E-state index contributed by atoms with van der Waals surface area (Å²) in [6, 6.07) is 11.7. The van der Waals surface area contributed by atoms with Crippen molar-refractivity contribution in [3.05, 3.63) is 57.6 Å². The summed E-state index contributed by atoms with van der Waals surface area (Å²) < 4.78 is 22.5. The van der Waals surface area contributed by atoms with E-state index in [0.717, 1.165) is 55.1 Å². The monoisotopic (exact) mass is 408 g/mol. The van der Waals surface area contributed by atoms with Crippen molar-refractivity contribution in [2.45, 2.75) is 31.5 Å². The summed E-state index contributed by atoms with van der Waals surface area (Å²) in [5, 5.41) is 1.26. The van der Waals surface area contributed by atoms with Crippen LogP contribution in [0.15, 0.2) is 36.4 Å². The lowest BCUT2D eigenvalue weighted by Crippen LogP contribution is -2.09. The van der Waals surface area contributed by atoms with Crippen LogP contribution >= 0.6 is 23.2 Å². The molecule has 144 valence electrons. The molecule has 0 bridgehead atoms. The molecule has 2 aliphatic heterocycles. The average molecular weight is 409 g/mol. The van der Waals surface area contributed by atoms with Crippen molar-refractivity contribution in [3.8, 4) is 11.5 Å². The Morgan fingerprint density at radius 3 is 1.63 bits per heavy atom. The molecule has 0 aromatic heterocycles. The van der Waals surface area contributed by atoms with E-state index < -0.39 is 0 Å². The number of hydrogen-bond donors (Lipinski definition) is 0. The molecule has 0 aliphatic carbocycles. The van der Waals surface area contributed by atoms with Gasteiger partial charge in [-0.2, -0.15) is 0 Å². The number of ether oxygens (including phenoxy) is 4. The first kappa shape index (κ1) is 18.9. The summed E-state index contributed by atoms with van der Waals surface area (Å²) in [5.74, 6) is 1.50. The molecule has 0 N–H and O–H groups in total. The van der Waals surface area contributed by atoms with E-state index in [-0.39, 0.29) is 0 Å². The molecule has 0 amide bonds. The Labute approximate surface area is 169 Å². The summed E-state index contributed by atoms with van der Waals surface area (Å²) in [4.78, 5) is 0. The fraction of sp³-hybridized carbons (Fsp3) is 0.429. The van der Waals surface area contributed by atoms with E-state index in [1.54, 1.807) is 0 Å². The van der Waals surface area contributed by atoms with Crippen molar-refractivity contribution in [3.63, 3.8) is 0 Å². The summed E-state index contributed by atoms with van der Waals surface area (Å²) in [6.07, 6.45) is 2.98. The second kappa shape index (κ2) is 8.70. The third-order valence-electron chi connectivity index (χ3n) is 4.58. The topological polar surface area (TPSA) is 43.5 Å². The average Bonchev–Trinajstić information content (AvgIpc) is 3.55. The molecule has 2 atom stereocenters. The van der Waals surface area contributed by atoms with Gasteiger partial charge < -0.3 is 18.9 Å². The van der Waals surface area contributed by atoms with Crippen LogP contribution in [0.2, 0.25) is 10.0 Å². The third-order valence-corrected chi connectivity index (χ3v) is 5.17. The Balaban J connectivity index is 1.29. The SMILES string of the molecule is Clc1cccc(CC2CO2)c1OCCCOc1c(Cl)cccc1CC1CO1. The summed E-state index contributed by atoms with van der Waals surface area (Å²) in [6.45, 7) is 2.67. The smallest absolute Gasteiger partial charge is 0.141 e. The van der Waals surface area contributed by atoms with E-state index in [2.05, 4.69) is 0 Å². The van der Waals surface area contributed by atoms with Gasteiger partial charge in [0.1, 0.15) is 11.5 Å². The predicted octanol–water partition coefficient (Wildman–Crippen LogP) is 4.72. The normalized spacial score (nSPS) is 20.4. The molecule has 2 fully saturated rings. The van der Waals surface area contributed by atoms with Gasteiger partial charge in [-0.3, -0.25) is 0 Å². The van der Waals surface area contributed by atoms with Gasteiger partial charge in [0.25, 0.3) is 0 Å². The van der Waals surface area contributed by atoms with Crippen LogP contribution in [0.5, 0.6) is 11.5 Å². The van der Waals surface area contributed by atoms with Gasteiger partial charge >= 0.3 is 0 Å². The highest BCUT2D eigenvalue weighted by molar-refractivity contribution is 6.32. The number of halogens is 2. The van der Waals surface area contributed by atoms with Gasteiger partial charge in [0.2, 0.25) is 0 Å². The first-order valence-corrected chi connectivity index (χ1v) is 10.00. The van der Waals surface area contributed by atoms with E-state index >= 15 is 0 Å². The number of rotatable bonds is 10. The Bertz CT molecular complexity index is 722. The Morgan fingerprint density at radius 1 is 0.778 bits per heavy atom. The number of para-hydroxylation sites is 2. The molecule has 2 aromatic carbocycles. The van der Waals surface area contributed by atoms with E-state index in [9.17, 15) is 0 Å². The molecule has 27 heavy (non-hydrogen) atoms. The Morgan fingerprint density at radius 2 is 1.22 bits per heavy atom. The fourth-order valence-corrected chi connectivity index (χ4v) is 3.52. The highest BCUT2D eigenvalue weighted by Crippen LogP contribution is 2.33. The van der Waals surface area contributed by atoms with Gasteiger partial charge in [0.15, 0.2) is 0 Å². The third kappa shape index (κ3) is 5.29. The Hall–Kier alpha value is -1.46. The maximum absolute atomic E-state index is 6.31. The molecule has 6 heteroatoms. The molecule has 2 saturated heterocycles.